The van der Waals surface area contributed by atoms with Gasteiger partial charge in [-0.3, -0.25) is 10.1 Å². The number of nitrogens with zero attached hydrogens (tertiary/aromatic N) is 1. The van der Waals surface area contributed by atoms with Crippen LogP contribution in [0.4, 0.5) is 10.5 Å². The summed E-state index contributed by atoms with van der Waals surface area (Å²) in [4.78, 5) is 40.0. The van der Waals surface area contributed by atoms with Crippen LogP contribution in [0.25, 0.3) is 0 Å². The maximum atomic E-state index is 13.1. The summed E-state index contributed by atoms with van der Waals surface area (Å²) >= 11 is 0. The van der Waals surface area contributed by atoms with E-state index < -0.39 is 6.09 Å². The van der Waals surface area contributed by atoms with Crippen molar-refractivity contribution in [2.45, 2.75) is 32.3 Å². The van der Waals surface area contributed by atoms with Gasteiger partial charge in [0, 0.05) is 32.3 Å². The van der Waals surface area contributed by atoms with Crippen LogP contribution < -0.4 is 16.0 Å². The number of carbonyl (C=O) groups excluding carboxylic acids is 3. The Morgan fingerprint density at radius 1 is 0.939 bits per heavy atom. The number of hydrogen-bond donors (Lipinski definition) is 3. The molecule has 174 valence electrons. The number of benzene rings is 2. The van der Waals surface area contributed by atoms with E-state index in [4.69, 9.17) is 4.74 Å². The lowest BCUT2D eigenvalue weighted by Gasteiger charge is -2.17. The van der Waals surface area contributed by atoms with Crippen LogP contribution in [0, 0.1) is 0 Å². The molecule has 33 heavy (non-hydrogen) atoms. The lowest BCUT2D eigenvalue weighted by atomic mass is 10.1. The number of hydrogen-bond acceptors (Lipinski definition) is 5. The molecule has 1 aliphatic heterocycles. The van der Waals surface area contributed by atoms with Crippen molar-refractivity contribution in [2.75, 3.05) is 20.1 Å². The second kappa shape index (κ2) is 12.4. The lowest BCUT2D eigenvalue weighted by Crippen LogP contribution is -2.83. The SMILES string of the molecule is CN/C(CCC(=O)N1CCCC1)=C(/NC(=O)OCc1ccccc1)C(=O)[NH2+]c1ccccc1. The van der Waals surface area contributed by atoms with Gasteiger partial charge in [0.05, 0.1) is 0 Å². The normalized spacial score (nSPS) is 13.8. The number of primary amides is 1. The Bertz CT molecular complexity index is 970. The smallest absolute Gasteiger partial charge is 0.412 e. The van der Waals surface area contributed by atoms with Crippen molar-refractivity contribution in [3.63, 3.8) is 0 Å². The zero-order valence-electron chi connectivity index (χ0n) is 18.9. The Morgan fingerprint density at radius 3 is 2.21 bits per heavy atom. The minimum Gasteiger partial charge on any atom is -0.444 e. The topological polar surface area (TPSA) is 104 Å². The Morgan fingerprint density at radius 2 is 1.58 bits per heavy atom. The van der Waals surface area contributed by atoms with Gasteiger partial charge in [-0.25, -0.2) is 14.9 Å². The first kappa shape index (κ1) is 24.0. The molecule has 4 N–H and O–H groups in total. The average Bonchev–Trinajstić information content (AvgIpc) is 3.39. The third kappa shape index (κ3) is 7.47. The van der Waals surface area contributed by atoms with Crippen molar-refractivity contribution in [3.8, 4) is 0 Å². The van der Waals surface area contributed by atoms with E-state index in [-0.39, 0.29) is 30.5 Å². The maximum Gasteiger partial charge on any atom is 0.412 e. The molecule has 1 heterocycles. The number of rotatable bonds is 9. The molecule has 8 nitrogen and oxygen atoms in total. The number of quaternary nitrogens is 1. The van der Waals surface area contributed by atoms with Crippen LogP contribution >= 0.6 is 0 Å². The van der Waals surface area contributed by atoms with Crippen LogP contribution in [0.15, 0.2) is 72.1 Å². The molecule has 3 rings (SSSR count). The summed E-state index contributed by atoms with van der Waals surface area (Å²) in [5.41, 5.74) is 2.11. The van der Waals surface area contributed by atoms with Crippen LogP contribution in [-0.4, -0.2) is 42.9 Å². The van der Waals surface area contributed by atoms with E-state index in [1.165, 1.54) is 5.32 Å². The van der Waals surface area contributed by atoms with E-state index in [1.807, 2.05) is 53.4 Å². The summed E-state index contributed by atoms with van der Waals surface area (Å²) < 4.78 is 5.31. The van der Waals surface area contributed by atoms with Crippen molar-refractivity contribution in [3.05, 3.63) is 77.6 Å². The molecule has 0 radical (unpaired) electrons. The van der Waals surface area contributed by atoms with Crippen molar-refractivity contribution < 1.29 is 24.4 Å². The quantitative estimate of drug-likeness (QED) is 0.400. The van der Waals surface area contributed by atoms with Gasteiger partial charge in [-0.1, -0.05) is 48.5 Å². The molecule has 2 aromatic carbocycles. The van der Waals surface area contributed by atoms with Crippen molar-refractivity contribution in [2.24, 2.45) is 0 Å². The fraction of sp³-hybridized carbons (Fsp3) is 0.320. The maximum absolute atomic E-state index is 13.1. The first-order valence-corrected chi connectivity index (χ1v) is 11.2. The fourth-order valence-electron chi connectivity index (χ4n) is 3.65. The molecule has 1 fully saturated rings. The van der Waals surface area contributed by atoms with E-state index in [9.17, 15) is 14.4 Å². The molecular weight excluding hydrogens is 420 g/mol. The first-order chi connectivity index (χ1) is 16.1. The van der Waals surface area contributed by atoms with E-state index in [1.54, 1.807) is 19.2 Å². The average molecular weight is 452 g/mol. The van der Waals surface area contributed by atoms with Gasteiger partial charge in [-0.2, -0.15) is 0 Å². The van der Waals surface area contributed by atoms with Crippen LogP contribution in [0.1, 0.15) is 31.2 Å². The Kier molecular flexibility index (Phi) is 9.02. The molecule has 8 heteroatoms. The standard InChI is InChI=1S/C25H30N4O4/c1-26-21(14-15-22(30)29-16-8-9-17-29)23(24(31)27-20-12-6-3-7-13-20)28-25(32)33-18-19-10-4-2-5-11-19/h2-7,10-13,26H,8-9,14-18H2,1H3,(H,27,31)(H,28,32)/p+1/b23-21+. The minimum atomic E-state index is -0.734. The van der Waals surface area contributed by atoms with Gasteiger partial charge in [0.25, 0.3) is 0 Å². The van der Waals surface area contributed by atoms with Gasteiger partial charge in [0.2, 0.25) is 5.91 Å². The second-order valence-corrected chi connectivity index (χ2v) is 7.80. The monoisotopic (exact) mass is 451 g/mol. The largest absolute Gasteiger partial charge is 0.444 e. The Labute approximate surface area is 194 Å². The summed E-state index contributed by atoms with van der Waals surface area (Å²) in [7, 11) is 1.67. The molecule has 3 amide bonds. The van der Waals surface area contributed by atoms with Crippen molar-refractivity contribution in [1.29, 1.82) is 0 Å². The van der Waals surface area contributed by atoms with Crippen molar-refractivity contribution >= 4 is 23.6 Å². The van der Waals surface area contributed by atoms with E-state index >= 15 is 0 Å². The number of nitrogens with two attached hydrogens (primary N) is 1. The molecule has 0 saturated carbocycles. The van der Waals surface area contributed by atoms with Crippen LogP contribution in [0.5, 0.6) is 0 Å². The molecule has 2 aromatic rings. The zero-order chi connectivity index (χ0) is 23.5. The minimum absolute atomic E-state index is 0.0470. The molecular formula is C25H31N4O4+. The number of carbonyl (C=O) groups is 3. The highest BCUT2D eigenvalue weighted by atomic mass is 16.5. The number of alkyl carbamates (subject to hydrolysis) is 1. The lowest BCUT2D eigenvalue weighted by molar-refractivity contribution is -0.479. The molecule has 0 aliphatic carbocycles. The predicted molar refractivity (Wildman–Crippen MR) is 124 cm³/mol. The van der Waals surface area contributed by atoms with E-state index in [0.717, 1.165) is 31.5 Å². The van der Waals surface area contributed by atoms with Gasteiger partial charge < -0.3 is 15.0 Å². The predicted octanol–water partition coefficient (Wildman–Crippen LogP) is 2.17. The van der Waals surface area contributed by atoms with Gasteiger partial charge in [0.15, 0.2) is 5.70 Å². The number of amides is 3. The van der Waals surface area contributed by atoms with Gasteiger partial charge >= 0.3 is 12.0 Å². The number of para-hydroxylation sites is 1. The van der Waals surface area contributed by atoms with Crippen LogP contribution in [0.3, 0.4) is 0 Å². The third-order valence-electron chi connectivity index (χ3n) is 5.43. The summed E-state index contributed by atoms with van der Waals surface area (Å²) in [6.07, 6.45) is 1.85. The zero-order valence-corrected chi connectivity index (χ0v) is 18.9. The third-order valence-corrected chi connectivity index (χ3v) is 5.43. The van der Waals surface area contributed by atoms with Crippen LogP contribution in [0.2, 0.25) is 0 Å². The Balaban J connectivity index is 1.72. The second-order valence-electron chi connectivity index (χ2n) is 7.80. The van der Waals surface area contributed by atoms with Gasteiger partial charge in [-0.15, -0.1) is 0 Å². The highest BCUT2D eigenvalue weighted by Gasteiger charge is 2.24. The first-order valence-electron chi connectivity index (χ1n) is 11.2. The van der Waals surface area contributed by atoms with E-state index in [2.05, 4.69) is 10.6 Å². The fourth-order valence-corrected chi connectivity index (χ4v) is 3.65. The molecule has 0 unspecified atom stereocenters. The number of nitrogens with one attached hydrogen (secondary N) is 2. The van der Waals surface area contributed by atoms with Crippen LogP contribution in [-0.2, 0) is 20.9 Å². The molecule has 1 saturated heterocycles. The van der Waals surface area contributed by atoms with Gasteiger partial charge in [-0.05, 0) is 37.0 Å². The van der Waals surface area contributed by atoms with Gasteiger partial charge in [0.1, 0.15) is 12.3 Å². The molecule has 0 bridgehead atoms. The molecule has 1 aliphatic rings. The highest BCUT2D eigenvalue weighted by Crippen LogP contribution is 2.13. The molecule has 0 spiro atoms. The van der Waals surface area contributed by atoms with E-state index in [0.29, 0.717) is 17.8 Å². The Hall–Kier alpha value is -3.65. The number of ether oxygens (including phenoxy) is 1. The number of likely N-dealkylation sites (tertiary alicyclic amines) is 1. The summed E-state index contributed by atoms with van der Waals surface area (Å²) in [5, 5.41) is 7.04. The summed E-state index contributed by atoms with van der Waals surface area (Å²) in [6.45, 7) is 1.63. The van der Waals surface area contributed by atoms with Crippen molar-refractivity contribution in [1.82, 2.24) is 15.5 Å². The highest BCUT2D eigenvalue weighted by molar-refractivity contribution is 5.91. The summed E-state index contributed by atoms with van der Waals surface area (Å²) in [5.74, 6) is -0.332. The molecule has 0 atom stereocenters. The summed E-state index contributed by atoms with van der Waals surface area (Å²) in [6, 6.07) is 18.4. The molecule has 0 aromatic heterocycles. The number of allylic oxidation sites excluding steroid dienone is 1.